The summed E-state index contributed by atoms with van der Waals surface area (Å²) < 4.78 is 5.07. The van der Waals surface area contributed by atoms with Crippen LogP contribution < -0.4 is 5.32 Å². The van der Waals surface area contributed by atoms with Crippen LogP contribution in [-0.4, -0.2) is 37.4 Å². The molecular weight excluding hydrogens is 254 g/mol. The van der Waals surface area contributed by atoms with Gasteiger partial charge in [0.05, 0.1) is 26.2 Å². The van der Waals surface area contributed by atoms with E-state index in [4.69, 9.17) is 9.84 Å². The van der Waals surface area contributed by atoms with E-state index in [-0.39, 0.29) is 12.5 Å². The van der Waals surface area contributed by atoms with Crippen LogP contribution in [0.2, 0.25) is 0 Å². The average Bonchev–Trinajstić information content (AvgIpc) is 2.46. The minimum atomic E-state index is -0.00101. The largest absolute Gasteiger partial charge is 0.394 e. The molecule has 0 saturated carbocycles. The third-order valence-corrected chi connectivity index (χ3v) is 3.01. The lowest BCUT2D eigenvalue weighted by molar-refractivity contribution is -0.120. The molecule has 0 aliphatic rings. The van der Waals surface area contributed by atoms with Crippen LogP contribution in [0.15, 0.2) is 24.3 Å². The summed E-state index contributed by atoms with van der Waals surface area (Å²) in [5, 5.41) is 11.3. The maximum Gasteiger partial charge on any atom is 0.224 e. The first-order chi connectivity index (χ1) is 9.76. The molecule has 1 aromatic carbocycles. The summed E-state index contributed by atoms with van der Waals surface area (Å²) in [6.45, 7) is 3.42. The summed E-state index contributed by atoms with van der Waals surface area (Å²) in [6.07, 6.45) is 3.90. The van der Waals surface area contributed by atoms with Gasteiger partial charge in [-0.05, 0) is 24.0 Å². The Labute approximate surface area is 121 Å². The Hall–Kier alpha value is -1.39. The van der Waals surface area contributed by atoms with Crippen molar-refractivity contribution < 1.29 is 14.6 Å². The first-order valence-corrected chi connectivity index (χ1v) is 7.29. The molecule has 112 valence electrons. The number of aryl methyl sites for hydroxylation is 1. The zero-order valence-corrected chi connectivity index (χ0v) is 12.2. The maximum atomic E-state index is 11.7. The highest BCUT2D eigenvalue weighted by atomic mass is 16.5. The van der Waals surface area contributed by atoms with Crippen LogP contribution in [0.25, 0.3) is 0 Å². The normalized spacial score (nSPS) is 10.5. The topological polar surface area (TPSA) is 58.6 Å². The van der Waals surface area contributed by atoms with Gasteiger partial charge in [-0.15, -0.1) is 0 Å². The maximum absolute atomic E-state index is 11.7. The second-order valence-corrected chi connectivity index (χ2v) is 4.78. The number of carbonyl (C=O) groups excluding carboxylic acids is 1. The molecule has 4 nitrogen and oxygen atoms in total. The Morgan fingerprint density at radius 3 is 2.55 bits per heavy atom. The van der Waals surface area contributed by atoms with Gasteiger partial charge in [-0.3, -0.25) is 4.79 Å². The molecule has 0 unspecified atom stereocenters. The molecule has 2 N–H and O–H groups in total. The van der Waals surface area contributed by atoms with Crippen LogP contribution in [0.5, 0.6) is 0 Å². The van der Waals surface area contributed by atoms with Gasteiger partial charge in [0.1, 0.15) is 0 Å². The number of hydrogen-bond donors (Lipinski definition) is 2. The third kappa shape index (κ3) is 7.26. The van der Waals surface area contributed by atoms with Gasteiger partial charge >= 0.3 is 0 Å². The monoisotopic (exact) mass is 279 g/mol. The van der Waals surface area contributed by atoms with Crippen molar-refractivity contribution in [2.45, 2.75) is 32.6 Å². The molecule has 0 aliphatic heterocycles. The quantitative estimate of drug-likeness (QED) is 0.641. The van der Waals surface area contributed by atoms with Crippen LogP contribution >= 0.6 is 0 Å². The second-order valence-electron chi connectivity index (χ2n) is 4.78. The van der Waals surface area contributed by atoms with E-state index in [1.807, 2.05) is 12.1 Å². The van der Waals surface area contributed by atoms with Gasteiger partial charge in [-0.2, -0.15) is 0 Å². The minimum Gasteiger partial charge on any atom is -0.394 e. The van der Waals surface area contributed by atoms with Gasteiger partial charge < -0.3 is 15.2 Å². The van der Waals surface area contributed by atoms with Crippen molar-refractivity contribution in [2.75, 3.05) is 26.4 Å². The first-order valence-electron chi connectivity index (χ1n) is 7.29. The predicted octanol–water partition coefficient (Wildman–Crippen LogP) is 1.70. The fourth-order valence-corrected chi connectivity index (χ4v) is 1.88. The Morgan fingerprint density at radius 1 is 1.20 bits per heavy atom. The summed E-state index contributed by atoms with van der Waals surface area (Å²) in [5.74, 6) is -0.00101. The van der Waals surface area contributed by atoms with Crippen molar-refractivity contribution in [3.8, 4) is 0 Å². The summed E-state index contributed by atoms with van der Waals surface area (Å²) in [6, 6.07) is 8.24. The van der Waals surface area contributed by atoms with Crippen LogP contribution in [0.4, 0.5) is 0 Å². The van der Waals surface area contributed by atoms with Crippen molar-refractivity contribution in [3.63, 3.8) is 0 Å². The number of aliphatic hydroxyl groups excluding tert-OH is 1. The van der Waals surface area contributed by atoms with Gasteiger partial charge in [0.25, 0.3) is 0 Å². The van der Waals surface area contributed by atoms with E-state index < -0.39 is 0 Å². The highest BCUT2D eigenvalue weighted by molar-refractivity contribution is 5.78. The molecule has 0 aliphatic carbocycles. The molecule has 0 atom stereocenters. The number of benzene rings is 1. The Bertz CT molecular complexity index is 376. The van der Waals surface area contributed by atoms with Crippen molar-refractivity contribution in [1.29, 1.82) is 0 Å². The van der Waals surface area contributed by atoms with E-state index in [9.17, 15) is 4.79 Å². The minimum absolute atomic E-state index is 0.00101. The zero-order valence-electron chi connectivity index (χ0n) is 12.2. The standard InChI is InChI=1S/C16H25NO3/c1-2-3-4-14-5-7-15(8-6-14)13-16(19)17-9-11-20-12-10-18/h5-8,18H,2-4,9-13H2,1H3,(H,17,19). The fourth-order valence-electron chi connectivity index (χ4n) is 1.88. The van der Waals surface area contributed by atoms with E-state index in [0.29, 0.717) is 26.2 Å². The molecule has 0 fully saturated rings. The number of rotatable bonds is 10. The van der Waals surface area contributed by atoms with Crippen molar-refractivity contribution in [2.24, 2.45) is 0 Å². The van der Waals surface area contributed by atoms with E-state index in [1.165, 1.54) is 18.4 Å². The Balaban J connectivity index is 2.24. The molecular formula is C16H25NO3. The van der Waals surface area contributed by atoms with Gasteiger partial charge in [0.2, 0.25) is 5.91 Å². The second kappa shape index (κ2) is 10.4. The van der Waals surface area contributed by atoms with E-state index >= 15 is 0 Å². The van der Waals surface area contributed by atoms with Gasteiger partial charge in [0.15, 0.2) is 0 Å². The molecule has 0 aromatic heterocycles. The van der Waals surface area contributed by atoms with E-state index in [2.05, 4.69) is 24.4 Å². The molecule has 0 bridgehead atoms. The highest BCUT2D eigenvalue weighted by Gasteiger charge is 2.03. The number of nitrogens with one attached hydrogen (secondary N) is 1. The number of hydrogen-bond acceptors (Lipinski definition) is 3. The zero-order chi connectivity index (χ0) is 14.6. The Morgan fingerprint density at radius 2 is 1.90 bits per heavy atom. The summed E-state index contributed by atoms with van der Waals surface area (Å²) >= 11 is 0. The molecule has 1 amide bonds. The summed E-state index contributed by atoms with van der Waals surface area (Å²) in [4.78, 5) is 11.7. The van der Waals surface area contributed by atoms with Crippen LogP contribution in [0.3, 0.4) is 0 Å². The SMILES string of the molecule is CCCCc1ccc(CC(=O)NCCOCCO)cc1. The van der Waals surface area contributed by atoms with Crippen molar-refractivity contribution >= 4 is 5.91 Å². The van der Waals surface area contributed by atoms with Gasteiger partial charge in [-0.1, -0.05) is 37.6 Å². The van der Waals surface area contributed by atoms with Crippen molar-refractivity contribution in [3.05, 3.63) is 35.4 Å². The molecule has 0 heterocycles. The number of ether oxygens (including phenoxy) is 1. The predicted molar refractivity (Wildman–Crippen MR) is 79.7 cm³/mol. The van der Waals surface area contributed by atoms with Crippen molar-refractivity contribution in [1.82, 2.24) is 5.32 Å². The van der Waals surface area contributed by atoms with Crippen LogP contribution in [0.1, 0.15) is 30.9 Å². The number of amides is 1. The average molecular weight is 279 g/mol. The number of carbonyl (C=O) groups is 1. The molecule has 1 aromatic rings. The number of aliphatic hydroxyl groups is 1. The lowest BCUT2D eigenvalue weighted by Gasteiger charge is -2.06. The van der Waals surface area contributed by atoms with Crippen LogP contribution in [0, 0.1) is 0 Å². The summed E-state index contributed by atoms with van der Waals surface area (Å²) in [7, 11) is 0. The summed E-state index contributed by atoms with van der Waals surface area (Å²) in [5.41, 5.74) is 2.35. The number of unbranched alkanes of at least 4 members (excludes halogenated alkanes) is 1. The third-order valence-electron chi connectivity index (χ3n) is 3.01. The molecule has 4 heteroatoms. The lowest BCUT2D eigenvalue weighted by atomic mass is 10.0. The fraction of sp³-hybridized carbons (Fsp3) is 0.562. The van der Waals surface area contributed by atoms with Gasteiger partial charge in [-0.25, -0.2) is 0 Å². The Kier molecular flexibility index (Phi) is 8.67. The van der Waals surface area contributed by atoms with E-state index in [1.54, 1.807) is 0 Å². The lowest BCUT2D eigenvalue weighted by Crippen LogP contribution is -2.28. The van der Waals surface area contributed by atoms with Crippen LogP contribution in [-0.2, 0) is 22.4 Å². The molecule has 0 saturated heterocycles. The smallest absolute Gasteiger partial charge is 0.224 e. The highest BCUT2D eigenvalue weighted by Crippen LogP contribution is 2.08. The molecule has 0 spiro atoms. The first kappa shape index (κ1) is 16.7. The molecule has 20 heavy (non-hydrogen) atoms. The van der Waals surface area contributed by atoms with Gasteiger partial charge in [0, 0.05) is 6.54 Å². The molecule has 0 radical (unpaired) electrons. The molecule has 1 rings (SSSR count). The van der Waals surface area contributed by atoms with E-state index in [0.717, 1.165) is 12.0 Å².